The van der Waals surface area contributed by atoms with Crippen LogP contribution in [0.2, 0.25) is 0 Å². The molecule has 0 fully saturated rings. The quantitative estimate of drug-likeness (QED) is 0.687. The van der Waals surface area contributed by atoms with Gasteiger partial charge in [-0.15, -0.1) is 11.3 Å². The number of carbonyl (C=O) groups is 1. The number of thiazole rings is 1. The highest BCUT2D eigenvalue weighted by Gasteiger charge is 2.25. The molecule has 0 unspecified atom stereocenters. The van der Waals surface area contributed by atoms with Crippen LogP contribution >= 0.6 is 11.3 Å². The minimum atomic E-state index is -2.68. The Morgan fingerprint density at radius 3 is 2.70 bits per heavy atom. The van der Waals surface area contributed by atoms with Crippen LogP contribution in [0.1, 0.15) is 32.7 Å². The van der Waals surface area contributed by atoms with E-state index < -0.39 is 6.55 Å². The van der Waals surface area contributed by atoms with Crippen molar-refractivity contribution in [3.8, 4) is 11.3 Å². The van der Waals surface area contributed by atoms with Gasteiger partial charge < -0.3 is 9.47 Å². The minimum absolute atomic E-state index is 0.0177. The molecule has 4 heterocycles. The summed E-state index contributed by atoms with van der Waals surface area (Å²) in [6, 6.07) is 0. The molecule has 7 nitrogen and oxygen atoms in total. The lowest BCUT2D eigenvalue weighted by Gasteiger charge is -2.19. The topological polar surface area (TPSA) is 68.8 Å². The van der Waals surface area contributed by atoms with E-state index in [2.05, 4.69) is 15.1 Å². The second-order valence-corrected chi connectivity index (χ2v) is 7.59. The van der Waals surface area contributed by atoms with E-state index in [1.54, 1.807) is 11.1 Å². The van der Waals surface area contributed by atoms with Crippen LogP contribution in [0.3, 0.4) is 0 Å². The first kappa shape index (κ1) is 17.8. The average molecular weight is 392 g/mol. The highest BCUT2D eigenvalue weighted by molar-refractivity contribution is 7.13. The van der Waals surface area contributed by atoms with Crippen LogP contribution in [0.5, 0.6) is 0 Å². The van der Waals surface area contributed by atoms with Crippen molar-refractivity contribution in [1.29, 1.82) is 0 Å². The first-order chi connectivity index (χ1) is 12.9. The van der Waals surface area contributed by atoms with Crippen molar-refractivity contribution < 1.29 is 13.6 Å². The molecule has 1 aliphatic heterocycles. The summed E-state index contributed by atoms with van der Waals surface area (Å²) in [7, 11) is 0. The van der Waals surface area contributed by atoms with E-state index in [-0.39, 0.29) is 5.91 Å². The molecule has 10 heteroatoms. The Kier molecular flexibility index (Phi) is 4.50. The molecular weight excluding hydrogens is 374 g/mol. The number of alkyl halides is 2. The molecule has 4 rings (SSSR count). The number of imidazole rings is 1. The van der Waals surface area contributed by atoms with Gasteiger partial charge in [-0.1, -0.05) is 0 Å². The van der Waals surface area contributed by atoms with Crippen molar-refractivity contribution in [2.24, 2.45) is 0 Å². The molecular formula is C17H18F2N6OS. The lowest BCUT2D eigenvalue weighted by atomic mass is 10.2. The number of carbonyl (C=O) groups excluding carboxylic acids is 1. The van der Waals surface area contributed by atoms with Crippen molar-refractivity contribution in [2.75, 3.05) is 13.1 Å². The van der Waals surface area contributed by atoms with Crippen LogP contribution in [-0.4, -0.2) is 48.2 Å². The lowest BCUT2D eigenvalue weighted by Crippen LogP contribution is -2.33. The maximum atomic E-state index is 12.9. The fraction of sp³-hybridized carbons (Fsp3) is 0.412. The summed E-state index contributed by atoms with van der Waals surface area (Å²) in [4.78, 5) is 24.1. The predicted octanol–water partition coefficient (Wildman–Crippen LogP) is 2.91. The van der Waals surface area contributed by atoms with Gasteiger partial charge in [-0.2, -0.15) is 13.9 Å². The maximum absolute atomic E-state index is 12.9. The summed E-state index contributed by atoms with van der Waals surface area (Å²) < 4.78 is 28.2. The van der Waals surface area contributed by atoms with E-state index >= 15 is 0 Å². The first-order valence-corrected chi connectivity index (χ1v) is 9.36. The van der Waals surface area contributed by atoms with Gasteiger partial charge in [0.25, 0.3) is 5.91 Å². The van der Waals surface area contributed by atoms with Crippen LogP contribution in [0, 0.1) is 13.8 Å². The van der Waals surface area contributed by atoms with Gasteiger partial charge in [0.15, 0.2) is 0 Å². The van der Waals surface area contributed by atoms with Gasteiger partial charge in [-0.25, -0.2) is 14.6 Å². The molecule has 0 saturated heterocycles. The molecule has 0 aliphatic carbocycles. The molecule has 3 aromatic heterocycles. The molecule has 27 heavy (non-hydrogen) atoms. The molecule has 0 spiro atoms. The number of hydrogen-bond donors (Lipinski definition) is 0. The number of aromatic nitrogens is 5. The molecule has 3 aromatic rings. The Hall–Kier alpha value is -2.62. The second kappa shape index (κ2) is 6.84. The molecule has 0 radical (unpaired) electrons. The SMILES string of the molecule is Cc1nc(C)c(C(=O)N2CCc3ncc(-c4cnn(C(F)F)c4)n3CC2)s1. The zero-order chi connectivity index (χ0) is 19.1. The lowest BCUT2D eigenvalue weighted by molar-refractivity contribution is 0.0566. The van der Waals surface area contributed by atoms with Gasteiger partial charge in [0.2, 0.25) is 0 Å². The van der Waals surface area contributed by atoms with Gasteiger partial charge in [-0.3, -0.25) is 4.79 Å². The summed E-state index contributed by atoms with van der Waals surface area (Å²) in [5, 5.41) is 4.57. The monoisotopic (exact) mass is 392 g/mol. The van der Waals surface area contributed by atoms with Crippen molar-refractivity contribution in [1.82, 2.24) is 29.2 Å². The van der Waals surface area contributed by atoms with Crippen molar-refractivity contribution in [3.63, 3.8) is 0 Å². The average Bonchev–Trinajstić information content (AvgIpc) is 3.30. The van der Waals surface area contributed by atoms with E-state index in [0.29, 0.717) is 41.2 Å². The van der Waals surface area contributed by atoms with Crippen LogP contribution in [0.4, 0.5) is 8.78 Å². The largest absolute Gasteiger partial charge is 0.336 e. The molecule has 0 atom stereocenters. The zero-order valence-electron chi connectivity index (χ0n) is 14.9. The van der Waals surface area contributed by atoms with Crippen molar-refractivity contribution in [3.05, 3.63) is 40.0 Å². The van der Waals surface area contributed by atoms with E-state index in [9.17, 15) is 13.6 Å². The summed E-state index contributed by atoms with van der Waals surface area (Å²) in [6.07, 6.45) is 5.00. The van der Waals surface area contributed by atoms with Gasteiger partial charge in [0, 0.05) is 37.8 Å². The number of hydrogen-bond acceptors (Lipinski definition) is 5. The van der Waals surface area contributed by atoms with Gasteiger partial charge in [0.1, 0.15) is 10.7 Å². The third-order valence-electron chi connectivity index (χ3n) is 4.62. The van der Waals surface area contributed by atoms with Crippen LogP contribution in [0.15, 0.2) is 18.6 Å². The summed E-state index contributed by atoms with van der Waals surface area (Å²) in [5.41, 5.74) is 2.07. The maximum Gasteiger partial charge on any atom is 0.333 e. The fourth-order valence-electron chi connectivity index (χ4n) is 3.31. The summed E-state index contributed by atoms with van der Waals surface area (Å²) in [6.45, 7) is 2.69. The number of nitrogens with zero attached hydrogens (tertiary/aromatic N) is 6. The van der Waals surface area contributed by atoms with Crippen LogP contribution < -0.4 is 0 Å². The standard InChI is InChI=1S/C17H18F2N6OS/c1-10-15(27-11(2)22-10)16(26)23-4-3-14-20-8-13(24(14)6-5-23)12-7-21-25(9-12)17(18)19/h7-9,17H,3-6H2,1-2H3. The van der Waals surface area contributed by atoms with Gasteiger partial charge >= 0.3 is 6.55 Å². The smallest absolute Gasteiger partial charge is 0.333 e. The third kappa shape index (κ3) is 3.25. The Bertz CT molecular complexity index is 992. The minimum Gasteiger partial charge on any atom is -0.336 e. The van der Waals surface area contributed by atoms with E-state index in [1.165, 1.54) is 23.7 Å². The number of fused-ring (bicyclic) bond motifs is 1. The van der Waals surface area contributed by atoms with E-state index in [0.717, 1.165) is 22.2 Å². The number of amides is 1. The summed E-state index contributed by atoms with van der Waals surface area (Å²) >= 11 is 1.41. The predicted molar refractivity (Wildman–Crippen MR) is 95.9 cm³/mol. The Labute approximate surface area is 158 Å². The number of aryl methyl sites for hydroxylation is 2. The first-order valence-electron chi connectivity index (χ1n) is 8.54. The van der Waals surface area contributed by atoms with Gasteiger partial charge in [-0.05, 0) is 13.8 Å². The molecule has 142 valence electrons. The van der Waals surface area contributed by atoms with Gasteiger partial charge in [0.05, 0.1) is 28.8 Å². The highest BCUT2D eigenvalue weighted by atomic mass is 32.1. The third-order valence-corrected chi connectivity index (χ3v) is 5.68. The van der Waals surface area contributed by atoms with Crippen LogP contribution in [0.25, 0.3) is 11.3 Å². The molecule has 0 aromatic carbocycles. The number of halogens is 2. The molecule has 0 bridgehead atoms. The molecule has 0 saturated carbocycles. The summed E-state index contributed by atoms with van der Waals surface area (Å²) in [5.74, 6) is 0.818. The van der Waals surface area contributed by atoms with Crippen LogP contribution in [-0.2, 0) is 13.0 Å². The Morgan fingerprint density at radius 2 is 2.04 bits per heavy atom. The Balaban J connectivity index is 1.56. The molecule has 1 aliphatic rings. The molecule has 1 amide bonds. The highest BCUT2D eigenvalue weighted by Crippen LogP contribution is 2.25. The second-order valence-electron chi connectivity index (χ2n) is 6.39. The normalized spacial score (nSPS) is 14.5. The Morgan fingerprint density at radius 1 is 1.22 bits per heavy atom. The van der Waals surface area contributed by atoms with E-state index in [4.69, 9.17) is 0 Å². The van der Waals surface area contributed by atoms with Crippen molar-refractivity contribution in [2.45, 2.75) is 33.4 Å². The number of rotatable bonds is 3. The zero-order valence-corrected chi connectivity index (χ0v) is 15.7. The van der Waals surface area contributed by atoms with Crippen molar-refractivity contribution >= 4 is 17.2 Å². The van der Waals surface area contributed by atoms with E-state index in [1.807, 2.05) is 18.4 Å². The fourth-order valence-corrected chi connectivity index (χ4v) is 4.20. The molecule has 0 N–H and O–H groups in total.